The lowest BCUT2D eigenvalue weighted by Crippen LogP contribution is -2.32. The zero-order valence-electron chi connectivity index (χ0n) is 7.21. The molecule has 0 aliphatic carbocycles. The molecule has 1 rings (SSSR count). The summed E-state index contributed by atoms with van der Waals surface area (Å²) in [6, 6.07) is 1.78. The Kier molecular flexibility index (Phi) is 3.14. The Bertz CT molecular complexity index is 355. The molecule has 0 saturated carbocycles. The standard InChI is InChI=1S/C9H9F2NO2/c10-6-2-1-5(7(11)4-6)3-8(12)9(13)14/h1-2,4,8H,3,12H2,(H,13,14)/t8-/m0/s1. The van der Waals surface area contributed by atoms with E-state index in [0.717, 1.165) is 6.07 Å². The average molecular weight is 201 g/mol. The summed E-state index contributed by atoms with van der Waals surface area (Å²) in [4.78, 5) is 10.4. The summed E-state index contributed by atoms with van der Waals surface area (Å²) in [7, 11) is 0. The van der Waals surface area contributed by atoms with Crippen LogP contribution in [0.2, 0.25) is 0 Å². The minimum absolute atomic E-state index is 0.0984. The molecule has 5 heteroatoms. The van der Waals surface area contributed by atoms with Gasteiger partial charge in [0, 0.05) is 12.5 Å². The number of hydrogen-bond donors (Lipinski definition) is 2. The van der Waals surface area contributed by atoms with E-state index >= 15 is 0 Å². The first kappa shape index (κ1) is 10.6. The Balaban J connectivity index is 2.82. The van der Waals surface area contributed by atoms with E-state index in [2.05, 4.69) is 0 Å². The van der Waals surface area contributed by atoms with Crippen LogP contribution in [0.4, 0.5) is 8.78 Å². The van der Waals surface area contributed by atoms with Crippen molar-refractivity contribution in [2.24, 2.45) is 5.73 Å². The highest BCUT2D eigenvalue weighted by atomic mass is 19.1. The van der Waals surface area contributed by atoms with Crippen molar-refractivity contribution >= 4 is 5.97 Å². The van der Waals surface area contributed by atoms with Gasteiger partial charge < -0.3 is 10.8 Å². The third-order valence-corrected chi connectivity index (χ3v) is 1.77. The van der Waals surface area contributed by atoms with E-state index in [1.807, 2.05) is 0 Å². The highest BCUT2D eigenvalue weighted by molar-refractivity contribution is 5.73. The van der Waals surface area contributed by atoms with Crippen molar-refractivity contribution in [2.45, 2.75) is 12.5 Å². The molecule has 0 radical (unpaired) electrons. The molecule has 3 N–H and O–H groups in total. The summed E-state index contributed by atoms with van der Waals surface area (Å²) in [6.07, 6.45) is -0.151. The second-order valence-corrected chi connectivity index (χ2v) is 2.88. The van der Waals surface area contributed by atoms with Crippen LogP contribution >= 0.6 is 0 Å². The molecule has 1 aromatic carbocycles. The zero-order valence-corrected chi connectivity index (χ0v) is 7.21. The summed E-state index contributed by atoms with van der Waals surface area (Å²) in [6.45, 7) is 0. The molecule has 0 heterocycles. The predicted octanol–water partition coefficient (Wildman–Crippen LogP) is 0.919. The Morgan fingerprint density at radius 2 is 2.14 bits per heavy atom. The largest absolute Gasteiger partial charge is 0.480 e. The monoisotopic (exact) mass is 201 g/mol. The summed E-state index contributed by atoms with van der Waals surface area (Å²) in [5.74, 6) is -2.69. The first-order valence-corrected chi connectivity index (χ1v) is 3.93. The third kappa shape index (κ3) is 2.50. The number of rotatable bonds is 3. The van der Waals surface area contributed by atoms with Crippen LogP contribution in [-0.2, 0) is 11.2 Å². The van der Waals surface area contributed by atoms with Gasteiger partial charge in [0.2, 0.25) is 0 Å². The SMILES string of the molecule is N[C@@H](Cc1ccc(F)cc1F)C(=O)O. The topological polar surface area (TPSA) is 63.3 Å². The van der Waals surface area contributed by atoms with Crippen molar-refractivity contribution in [3.05, 3.63) is 35.4 Å². The van der Waals surface area contributed by atoms with Crippen LogP contribution in [0.1, 0.15) is 5.56 Å². The predicted molar refractivity (Wildman–Crippen MR) is 45.7 cm³/mol. The lowest BCUT2D eigenvalue weighted by atomic mass is 10.1. The summed E-state index contributed by atoms with van der Waals surface area (Å²) >= 11 is 0. The van der Waals surface area contributed by atoms with Crippen molar-refractivity contribution in [1.82, 2.24) is 0 Å². The van der Waals surface area contributed by atoms with E-state index in [4.69, 9.17) is 10.8 Å². The molecule has 0 spiro atoms. The molecule has 0 aliphatic heterocycles. The highest BCUT2D eigenvalue weighted by Crippen LogP contribution is 2.11. The Morgan fingerprint density at radius 1 is 1.50 bits per heavy atom. The lowest BCUT2D eigenvalue weighted by Gasteiger charge is -2.06. The van der Waals surface area contributed by atoms with Gasteiger partial charge in [-0.05, 0) is 11.6 Å². The smallest absolute Gasteiger partial charge is 0.320 e. The Hall–Kier alpha value is -1.49. The van der Waals surface area contributed by atoms with Gasteiger partial charge in [0.15, 0.2) is 0 Å². The van der Waals surface area contributed by atoms with Gasteiger partial charge in [-0.2, -0.15) is 0 Å². The number of halogens is 2. The number of carbonyl (C=O) groups is 1. The van der Waals surface area contributed by atoms with Crippen LogP contribution in [0.25, 0.3) is 0 Å². The average Bonchev–Trinajstić information content (AvgIpc) is 2.09. The molecule has 14 heavy (non-hydrogen) atoms. The molecular formula is C9H9F2NO2. The first-order valence-electron chi connectivity index (χ1n) is 3.93. The fourth-order valence-electron chi connectivity index (χ4n) is 1.01. The first-order chi connectivity index (χ1) is 6.50. The van der Waals surface area contributed by atoms with Gasteiger partial charge in [0.05, 0.1) is 0 Å². The van der Waals surface area contributed by atoms with Crippen LogP contribution in [-0.4, -0.2) is 17.1 Å². The molecule has 3 nitrogen and oxygen atoms in total. The maximum absolute atomic E-state index is 13.0. The van der Waals surface area contributed by atoms with Gasteiger partial charge in [-0.1, -0.05) is 6.07 Å². The molecule has 0 unspecified atom stereocenters. The van der Waals surface area contributed by atoms with Gasteiger partial charge in [-0.15, -0.1) is 0 Å². The quantitative estimate of drug-likeness (QED) is 0.764. The van der Waals surface area contributed by atoms with E-state index in [9.17, 15) is 13.6 Å². The molecule has 76 valence electrons. The van der Waals surface area contributed by atoms with Gasteiger partial charge in [-0.25, -0.2) is 8.78 Å². The number of hydrogen-bond acceptors (Lipinski definition) is 2. The molecule has 0 aliphatic rings. The Morgan fingerprint density at radius 3 is 2.64 bits per heavy atom. The molecule has 0 bridgehead atoms. The Labute approximate surface area is 79.2 Å². The van der Waals surface area contributed by atoms with Gasteiger partial charge in [0.1, 0.15) is 17.7 Å². The lowest BCUT2D eigenvalue weighted by molar-refractivity contribution is -0.138. The zero-order chi connectivity index (χ0) is 10.7. The van der Waals surface area contributed by atoms with Gasteiger partial charge in [-0.3, -0.25) is 4.79 Å². The van der Waals surface area contributed by atoms with Crippen LogP contribution < -0.4 is 5.73 Å². The fourth-order valence-corrected chi connectivity index (χ4v) is 1.01. The molecule has 0 amide bonds. The second-order valence-electron chi connectivity index (χ2n) is 2.88. The van der Waals surface area contributed by atoms with E-state index in [1.54, 1.807) is 0 Å². The number of benzene rings is 1. The molecule has 0 fully saturated rings. The van der Waals surface area contributed by atoms with Crippen molar-refractivity contribution in [3.63, 3.8) is 0 Å². The van der Waals surface area contributed by atoms with Gasteiger partial charge in [0.25, 0.3) is 0 Å². The van der Waals surface area contributed by atoms with Crippen LogP contribution in [0, 0.1) is 11.6 Å². The highest BCUT2D eigenvalue weighted by Gasteiger charge is 2.14. The van der Waals surface area contributed by atoms with Crippen molar-refractivity contribution in [3.8, 4) is 0 Å². The number of aliphatic carboxylic acids is 1. The van der Waals surface area contributed by atoms with Gasteiger partial charge >= 0.3 is 5.97 Å². The molecule has 1 aromatic rings. The summed E-state index contributed by atoms with van der Waals surface area (Å²) in [5.41, 5.74) is 5.29. The second kappa shape index (κ2) is 4.15. The summed E-state index contributed by atoms with van der Waals surface area (Å²) < 4.78 is 25.4. The maximum Gasteiger partial charge on any atom is 0.320 e. The van der Waals surface area contributed by atoms with Crippen LogP contribution in [0.15, 0.2) is 18.2 Å². The van der Waals surface area contributed by atoms with Crippen LogP contribution in [0.5, 0.6) is 0 Å². The molecule has 1 atom stereocenters. The van der Waals surface area contributed by atoms with Crippen molar-refractivity contribution in [2.75, 3.05) is 0 Å². The van der Waals surface area contributed by atoms with E-state index in [0.29, 0.717) is 6.07 Å². The number of carboxylic acids is 1. The minimum Gasteiger partial charge on any atom is -0.480 e. The third-order valence-electron chi connectivity index (χ3n) is 1.77. The normalized spacial score (nSPS) is 12.5. The fraction of sp³-hybridized carbons (Fsp3) is 0.222. The van der Waals surface area contributed by atoms with E-state index in [-0.39, 0.29) is 12.0 Å². The summed E-state index contributed by atoms with van der Waals surface area (Å²) in [5, 5.41) is 8.47. The maximum atomic E-state index is 13.0. The van der Waals surface area contributed by atoms with E-state index < -0.39 is 23.6 Å². The number of nitrogens with two attached hydrogens (primary N) is 1. The van der Waals surface area contributed by atoms with Crippen LogP contribution in [0.3, 0.4) is 0 Å². The van der Waals surface area contributed by atoms with Crippen molar-refractivity contribution < 1.29 is 18.7 Å². The minimum atomic E-state index is -1.21. The van der Waals surface area contributed by atoms with Crippen molar-refractivity contribution in [1.29, 1.82) is 0 Å². The molecular weight excluding hydrogens is 192 g/mol. The molecule has 0 aromatic heterocycles. The van der Waals surface area contributed by atoms with E-state index in [1.165, 1.54) is 6.07 Å². The number of carboxylic acid groups (broad SMARTS) is 1. The molecule has 0 saturated heterocycles.